The average molecular weight is 269 g/mol. The van der Waals surface area contributed by atoms with Crippen molar-refractivity contribution in [2.24, 2.45) is 0 Å². The van der Waals surface area contributed by atoms with Gasteiger partial charge in [0.25, 0.3) is 0 Å². The monoisotopic (exact) mass is 268 g/mol. The Morgan fingerprint density at radius 2 is 2.22 bits per heavy atom. The van der Waals surface area contributed by atoms with Crippen LogP contribution in [0.25, 0.3) is 11.0 Å². The standard InChI is InChI=1S/C13H13ClO4/c1-2-3-4-17-11-7-10-8(5-9(11)14)6-12(18-10)13(15)16/h5-7H,2-4H2,1H3,(H,15,16). The molecule has 1 N–H and O–H groups in total. The van der Waals surface area contributed by atoms with Gasteiger partial charge in [0.1, 0.15) is 11.3 Å². The van der Waals surface area contributed by atoms with Crippen molar-refractivity contribution in [1.82, 2.24) is 0 Å². The number of furan rings is 1. The van der Waals surface area contributed by atoms with Crippen molar-refractivity contribution in [3.05, 3.63) is 29.0 Å². The molecule has 0 atom stereocenters. The predicted octanol–water partition coefficient (Wildman–Crippen LogP) is 3.96. The fourth-order valence-electron chi connectivity index (χ4n) is 1.58. The highest BCUT2D eigenvalue weighted by Crippen LogP contribution is 2.32. The first-order valence-electron chi connectivity index (χ1n) is 5.71. The molecule has 0 fully saturated rings. The second kappa shape index (κ2) is 5.31. The maximum Gasteiger partial charge on any atom is 0.371 e. The summed E-state index contributed by atoms with van der Waals surface area (Å²) < 4.78 is 10.7. The summed E-state index contributed by atoms with van der Waals surface area (Å²) in [7, 11) is 0. The van der Waals surface area contributed by atoms with Crippen LogP contribution in [0.15, 0.2) is 22.6 Å². The molecule has 0 aliphatic carbocycles. The normalized spacial score (nSPS) is 10.8. The smallest absolute Gasteiger partial charge is 0.371 e. The summed E-state index contributed by atoms with van der Waals surface area (Å²) in [6, 6.07) is 4.72. The molecule has 1 heterocycles. The number of unbranched alkanes of at least 4 members (excludes halogenated alkanes) is 1. The number of benzene rings is 1. The van der Waals surface area contributed by atoms with Gasteiger partial charge in [0.2, 0.25) is 5.76 Å². The van der Waals surface area contributed by atoms with Crippen LogP contribution in [0.1, 0.15) is 30.3 Å². The van der Waals surface area contributed by atoms with Crippen molar-refractivity contribution >= 4 is 28.5 Å². The van der Waals surface area contributed by atoms with Gasteiger partial charge >= 0.3 is 5.97 Å². The Hall–Kier alpha value is -1.68. The van der Waals surface area contributed by atoms with Crippen LogP contribution >= 0.6 is 11.6 Å². The first kappa shape index (κ1) is 12.8. The van der Waals surface area contributed by atoms with Gasteiger partial charge < -0.3 is 14.3 Å². The highest BCUT2D eigenvalue weighted by Gasteiger charge is 2.13. The summed E-state index contributed by atoms with van der Waals surface area (Å²) in [4.78, 5) is 10.8. The van der Waals surface area contributed by atoms with E-state index in [1.807, 2.05) is 0 Å². The van der Waals surface area contributed by atoms with Crippen molar-refractivity contribution in [3.63, 3.8) is 0 Å². The van der Waals surface area contributed by atoms with Crippen LogP contribution in [0.2, 0.25) is 5.02 Å². The number of aromatic carboxylic acids is 1. The minimum Gasteiger partial charge on any atom is -0.492 e. The molecule has 0 aliphatic rings. The SMILES string of the molecule is CCCCOc1cc2oc(C(=O)O)cc2cc1Cl. The van der Waals surface area contributed by atoms with E-state index in [0.717, 1.165) is 12.8 Å². The molecule has 0 amide bonds. The Labute approximate surface area is 109 Å². The third-order valence-corrected chi connectivity index (χ3v) is 2.83. The van der Waals surface area contributed by atoms with Crippen LogP contribution in [0.5, 0.6) is 5.75 Å². The molecule has 0 saturated heterocycles. The van der Waals surface area contributed by atoms with Gasteiger partial charge in [-0.3, -0.25) is 0 Å². The topological polar surface area (TPSA) is 59.7 Å². The van der Waals surface area contributed by atoms with Gasteiger partial charge in [-0.2, -0.15) is 0 Å². The predicted molar refractivity (Wildman–Crippen MR) is 68.6 cm³/mol. The summed E-state index contributed by atoms with van der Waals surface area (Å²) in [5.74, 6) is -0.688. The van der Waals surface area contributed by atoms with Gasteiger partial charge in [-0.15, -0.1) is 0 Å². The summed E-state index contributed by atoms with van der Waals surface area (Å²) in [6.45, 7) is 2.65. The first-order chi connectivity index (χ1) is 8.61. The second-order valence-corrected chi connectivity index (χ2v) is 4.35. The molecule has 0 saturated carbocycles. The molecule has 4 nitrogen and oxygen atoms in total. The average Bonchev–Trinajstić information content (AvgIpc) is 2.72. The van der Waals surface area contributed by atoms with Crippen LogP contribution in [-0.4, -0.2) is 17.7 Å². The molecular weight excluding hydrogens is 256 g/mol. The molecule has 0 spiro atoms. The maximum atomic E-state index is 10.8. The lowest BCUT2D eigenvalue weighted by atomic mass is 10.2. The molecule has 1 aromatic heterocycles. The Kier molecular flexibility index (Phi) is 3.77. The van der Waals surface area contributed by atoms with E-state index in [4.69, 9.17) is 25.9 Å². The summed E-state index contributed by atoms with van der Waals surface area (Å²) in [5.41, 5.74) is 0.461. The minimum absolute atomic E-state index is 0.105. The van der Waals surface area contributed by atoms with E-state index in [1.165, 1.54) is 6.07 Å². The lowest BCUT2D eigenvalue weighted by molar-refractivity contribution is 0.0665. The van der Waals surface area contributed by atoms with Crippen LogP contribution < -0.4 is 4.74 Å². The van der Waals surface area contributed by atoms with Gasteiger partial charge in [0.05, 0.1) is 11.6 Å². The summed E-state index contributed by atoms with van der Waals surface area (Å²) in [5, 5.41) is 9.95. The Balaban J connectivity index is 2.32. The molecule has 18 heavy (non-hydrogen) atoms. The third-order valence-electron chi connectivity index (χ3n) is 2.54. The fourth-order valence-corrected chi connectivity index (χ4v) is 1.81. The van der Waals surface area contributed by atoms with Crippen LogP contribution in [0.3, 0.4) is 0 Å². The van der Waals surface area contributed by atoms with Crippen molar-refractivity contribution in [3.8, 4) is 5.75 Å². The van der Waals surface area contributed by atoms with Crippen molar-refractivity contribution in [2.75, 3.05) is 6.61 Å². The van der Waals surface area contributed by atoms with Crippen LogP contribution in [0.4, 0.5) is 0 Å². The highest BCUT2D eigenvalue weighted by atomic mass is 35.5. The summed E-state index contributed by atoms with van der Waals surface area (Å²) >= 11 is 6.06. The Bertz CT molecular complexity index is 574. The van der Waals surface area contributed by atoms with Crippen molar-refractivity contribution in [2.45, 2.75) is 19.8 Å². The quantitative estimate of drug-likeness (QED) is 0.834. The number of ether oxygens (including phenoxy) is 1. The third kappa shape index (κ3) is 2.59. The van der Waals surface area contributed by atoms with E-state index < -0.39 is 5.97 Å². The number of carboxylic acid groups (broad SMARTS) is 1. The number of hydrogen-bond donors (Lipinski definition) is 1. The zero-order valence-electron chi connectivity index (χ0n) is 9.90. The van der Waals surface area contributed by atoms with Crippen molar-refractivity contribution in [1.29, 1.82) is 0 Å². The molecule has 0 unspecified atom stereocenters. The highest BCUT2D eigenvalue weighted by molar-refractivity contribution is 6.32. The molecule has 5 heteroatoms. The largest absolute Gasteiger partial charge is 0.492 e. The van der Waals surface area contributed by atoms with Crippen molar-refractivity contribution < 1.29 is 19.1 Å². The summed E-state index contributed by atoms with van der Waals surface area (Å²) in [6.07, 6.45) is 1.97. The van der Waals surface area contributed by atoms with E-state index in [1.54, 1.807) is 12.1 Å². The Morgan fingerprint density at radius 3 is 2.89 bits per heavy atom. The maximum absolute atomic E-state index is 10.8. The molecular formula is C13H13ClO4. The fraction of sp³-hybridized carbons (Fsp3) is 0.308. The second-order valence-electron chi connectivity index (χ2n) is 3.94. The lowest BCUT2D eigenvalue weighted by Gasteiger charge is -2.06. The lowest BCUT2D eigenvalue weighted by Crippen LogP contribution is -1.96. The van der Waals surface area contributed by atoms with Gasteiger partial charge in [-0.1, -0.05) is 24.9 Å². The zero-order valence-corrected chi connectivity index (χ0v) is 10.7. The number of hydrogen-bond acceptors (Lipinski definition) is 3. The number of carbonyl (C=O) groups is 1. The van der Waals surface area contributed by atoms with Gasteiger partial charge in [0.15, 0.2) is 0 Å². The molecule has 2 aromatic rings. The first-order valence-corrected chi connectivity index (χ1v) is 6.08. The van der Waals surface area contributed by atoms with E-state index in [2.05, 4.69) is 6.92 Å². The van der Waals surface area contributed by atoms with Gasteiger partial charge in [-0.05, 0) is 18.6 Å². The van der Waals surface area contributed by atoms with Crippen LogP contribution in [-0.2, 0) is 0 Å². The molecule has 0 aliphatic heterocycles. The minimum atomic E-state index is -1.10. The van der Waals surface area contributed by atoms with Gasteiger partial charge in [0, 0.05) is 11.5 Å². The molecule has 1 aromatic carbocycles. The Morgan fingerprint density at radius 1 is 1.44 bits per heavy atom. The number of halogens is 1. The van der Waals surface area contributed by atoms with Gasteiger partial charge in [-0.25, -0.2) is 4.79 Å². The number of fused-ring (bicyclic) bond motifs is 1. The number of carboxylic acids is 1. The van der Waals surface area contributed by atoms with E-state index in [0.29, 0.717) is 28.3 Å². The molecule has 0 bridgehead atoms. The van der Waals surface area contributed by atoms with E-state index in [-0.39, 0.29) is 5.76 Å². The molecule has 2 rings (SSSR count). The van der Waals surface area contributed by atoms with E-state index >= 15 is 0 Å². The van der Waals surface area contributed by atoms with Crippen LogP contribution in [0, 0.1) is 0 Å². The molecule has 0 radical (unpaired) electrons. The molecule has 96 valence electrons. The number of rotatable bonds is 5. The van der Waals surface area contributed by atoms with E-state index in [9.17, 15) is 4.79 Å². The zero-order chi connectivity index (χ0) is 13.1.